The Morgan fingerprint density at radius 3 is 2.46 bits per heavy atom. The molecule has 72 valence electrons. The van der Waals surface area contributed by atoms with Crippen LogP contribution in [0.5, 0.6) is 0 Å². The molecular weight excluding hydrogens is 194 g/mol. The molecule has 1 unspecified atom stereocenters. The third-order valence-electron chi connectivity index (χ3n) is 1.54. The zero-order valence-corrected chi connectivity index (χ0v) is 8.20. The maximum absolute atomic E-state index is 13.0. The Labute approximate surface area is 78.2 Å². The van der Waals surface area contributed by atoms with Crippen LogP contribution < -0.4 is 0 Å². The number of hydrogen-bond acceptors (Lipinski definition) is 1. The van der Waals surface area contributed by atoms with Crippen molar-refractivity contribution >= 4 is 10.8 Å². The predicted octanol–water partition coefficient (Wildman–Crippen LogP) is 2.48. The third-order valence-corrected chi connectivity index (χ3v) is 3.14. The van der Waals surface area contributed by atoms with Crippen molar-refractivity contribution in [3.05, 3.63) is 29.8 Å². The van der Waals surface area contributed by atoms with E-state index in [2.05, 4.69) is 0 Å². The van der Waals surface area contributed by atoms with Gasteiger partial charge in [-0.2, -0.15) is 0 Å². The molecule has 1 nitrogen and oxygen atoms in total. The van der Waals surface area contributed by atoms with Crippen LogP contribution in [0.2, 0.25) is 0 Å². The first-order valence-electron chi connectivity index (χ1n) is 3.88. The summed E-state index contributed by atoms with van der Waals surface area (Å²) in [5.41, 5.74) is 0. The Morgan fingerprint density at radius 2 is 1.92 bits per heavy atom. The fourth-order valence-electron chi connectivity index (χ4n) is 0.885. The summed E-state index contributed by atoms with van der Waals surface area (Å²) >= 11 is 0. The van der Waals surface area contributed by atoms with E-state index in [-0.39, 0.29) is 10.1 Å². The van der Waals surface area contributed by atoms with Gasteiger partial charge in [-0.3, -0.25) is 4.21 Å². The maximum atomic E-state index is 13.0. The van der Waals surface area contributed by atoms with Crippen molar-refractivity contribution in [1.82, 2.24) is 0 Å². The molecule has 0 heterocycles. The minimum absolute atomic E-state index is 0.0602. The zero-order valence-electron chi connectivity index (χ0n) is 7.38. The van der Waals surface area contributed by atoms with Crippen molar-refractivity contribution < 1.29 is 13.0 Å². The fraction of sp³-hybridized carbons (Fsp3) is 0.333. The van der Waals surface area contributed by atoms with Crippen molar-refractivity contribution in [1.29, 1.82) is 0 Å². The van der Waals surface area contributed by atoms with Crippen LogP contribution in [0.15, 0.2) is 23.1 Å². The van der Waals surface area contributed by atoms with Gasteiger partial charge in [0, 0.05) is 5.25 Å². The summed E-state index contributed by atoms with van der Waals surface area (Å²) in [6.07, 6.45) is 0. The lowest BCUT2D eigenvalue weighted by Gasteiger charge is -2.06. The summed E-state index contributed by atoms with van der Waals surface area (Å²) in [6, 6.07) is 2.98. The van der Waals surface area contributed by atoms with E-state index in [0.717, 1.165) is 18.2 Å². The van der Waals surface area contributed by atoms with E-state index < -0.39 is 22.4 Å². The first-order chi connectivity index (χ1) is 6.02. The summed E-state index contributed by atoms with van der Waals surface area (Å²) < 4.78 is 37.1. The third kappa shape index (κ3) is 2.34. The van der Waals surface area contributed by atoms with Gasteiger partial charge in [0.15, 0.2) is 0 Å². The van der Waals surface area contributed by atoms with Crippen LogP contribution in [-0.2, 0) is 10.8 Å². The quantitative estimate of drug-likeness (QED) is 0.723. The lowest BCUT2D eigenvalue weighted by molar-refractivity contribution is 0.571. The zero-order chi connectivity index (χ0) is 10.0. The molecule has 0 aliphatic rings. The van der Waals surface area contributed by atoms with Gasteiger partial charge in [0.05, 0.1) is 15.7 Å². The van der Waals surface area contributed by atoms with Gasteiger partial charge in [-0.15, -0.1) is 0 Å². The number of hydrogen-bond donors (Lipinski definition) is 0. The minimum Gasteiger partial charge on any atom is -0.254 e. The van der Waals surface area contributed by atoms with E-state index in [0.29, 0.717) is 0 Å². The average Bonchev–Trinajstić information content (AvgIpc) is 2.08. The van der Waals surface area contributed by atoms with Crippen LogP contribution in [-0.4, -0.2) is 9.46 Å². The standard InChI is InChI=1S/C9H10F2OS/c1-6(2)13(12)9-5-7(10)3-4-8(9)11/h3-6H,1-2H3. The highest BCUT2D eigenvalue weighted by Crippen LogP contribution is 2.16. The molecule has 4 heteroatoms. The normalized spacial score (nSPS) is 13.3. The number of benzene rings is 1. The van der Waals surface area contributed by atoms with E-state index in [9.17, 15) is 13.0 Å². The van der Waals surface area contributed by atoms with Crippen molar-refractivity contribution in [3.63, 3.8) is 0 Å². The highest BCUT2D eigenvalue weighted by atomic mass is 32.2. The molecule has 0 spiro atoms. The second-order valence-corrected chi connectivity index (χ2v) is 4.90. The summed E-state index contributed by atoms with van der Waals surface area (Å²) in [6.45, 7) is 3.39. The molecule has 0 aromatic heterocycles. The molecule has 0 saturated heterocycles. The molecule has 1 aromatic rings. The van der Waals surface area contributed by atoms with Crippen LogP contribution in [0, 0.1) is 11.6 Å². The average molecular weight is 204 g/mol. The monoisotopic (exact) mass is 204 g/mol. The Morgan fingerprint density at radius 1 is 1.31 bits per heavy atom. The van der Waals surface area contributed by atoms with Crippen molar-refractivity contribution in [2.45, 2.75) is 24.0 Å². The van der Waals surface area contributed by atoms with Gasteiger partial charge < -0.3 is 0 Å². The van der Waals surface area contributed by atoms with Crippen LogP contribution in [0.4, 0.5) is 8.78 Å². The Hall–Kier alpha value is -0.770. The minimum atomic E-state index is -1.47. The topological polar surface area (TPSA) is 17.1 Å². The maximum Gasteiger partial charge on any atom is 0.139 e. The van der Waals surface area contributed by atoms with E-state index in [1.807, 2.05) is 0 Å². The van der Waals surface area contributed by atoms with Crippen LogP contribution in [0.3, 0.4) is 0 Å². The van der Waals surface area contributed by atoms with E-state index in [4.69, 9.17) is 0 Å². The van der Waals surface area contributed by atoms with Gasteiger partial charge in [0.25, 0.3) is 0 Å². The molecule has 1 atom stereocenters. The predicted molar refractivity (Wildman–Crippen MR) is 47.9 cm³/mol. The van der Waals surface area contributed by atoms with Crippen LogP contribution in [0.25, 0.3) is 0 Å². The molecule has 13 heavy (non-hydrogen) atoms. The summed E-state index contributed by atoms with van der Waals surface area (Å²) in [4.78, 5) is -0.0602. The second kappa shape index (κ2) is 3.96. The van der Waals surface area contributed by atoms with Gasteiger partial charge >= 0.3 is 0 Å². The van der Waals surface area contributed by atoms with Gasteiger partial charge in [-0.1, -0.05) is 13.8 Å². The fourth-order valence-corrected chi connectivity index (χ4v) is 1.88. The molecule has 0 saturated carbocycles. The van der Waals surface area contributed by atoms with Gasteiger partial charge in [-0.05, 0) is 18.2 Å². The highest BCUT2D eigenvalue weighted by molar-refractivity contribution is 7.85. The molecule has 0 fully saturated rings. The van der Waals surface area contributed by atoms with Crippen molar-refractivity contribution in [2.24, 2.45) is 0 Å². The van der Waals surface area contributed by atoms with Gasteiger partial charge in [0.1, 0.15) is 11.6 Å². The first kappa shape index (κ1) is 10.3. The van der Waals surface area contributed by atoms with Gasteiger partial charge in [-0.25, -0.2) is 8.78 Å². The van der Waals surface area contributed by atoms with Crippen molar-refractivity contribution in [2.75, 3.05) is 0 Å². The Bertz CT molecular complexity index is 336. The van der Waals surface area contributed by atoms with E-state index in [1.165, 1.54) is 0 Å². The molecule has 0 bridgehead atoms. The number of rotatable bonds is 2. The van der Waals surface area contributed by atoms with Crippen molar-refractivity contribution in [3.8, 4) is 0 Å². The number of halogens is 2. The second-order valence-electron chi connectivity index (χ2n) is 2.92. The molecule has 0 radical (unpaired) electrons. The Kier molecular flexibility index (Phi) is 3.14. The van der Waals surface area contributed by atoms with Crippen LogP contribution in [0.1, 0.15) is 13.8 Å². The van der Waals surface area contributed by atoms with E-state index in [1.54, 1.807) is 13.8 Å². The molecule has 0 N–H and O–H groups in total. The summed E-state index contributed by atoms with van der Waals surface area (Å²) in [5.74, 6) is -1.18. The Balaban J connectivity index is 3.13. The molecule has 0 amide bonds. The molecule has 1 aromatic carbocycles. The molecule has 1 rings (SSSR count). The smallest absolute Gasteiger partial charge is 0.139 e. The largest absolute Gasteiger partial charge is 0.254 e. The van der Waals surface area contributed by atoms with Gasteiger partial charge in [0.2, 0.25) is 0 Å². The molecular formula is C9H10F2OS. The lowest BCUT2D eigenvalue weighted by Crippen LogP contribution is -2.07. The van der Waals surface area contributed by atoms with E-state index >= 15 is 0 Å². The van der Waals surface area contributed by atoms with Crippen LogP contribution >= 0.6 is 0 Å². The SMILES string of the molecule is CC(C)S(=O)c1cc(F)ccc1F. The summed E-state index contributed by atoms with van der Waals surface area (Å²) in [7, 11) is -1.47. The lowest BCUT2D eigenvalue weighted by atomic mass is 10.3. The molecule has 0 aliphatic heterocycles. The molecule has 0 aliphatic carbocycles. The summed E-state index contributed by atoms with van der Waals surface area (Å²) in [5, 5.41) is -0.212. The first-order valence-corrected chi connectivity index (χ1v) is 5.09. The highest BCUT2D eigenvalue weighted by Gasteiger charge is 2.13.